The Kier molecular flexibility index (Phi) is 4.55. The van der Waals surface area contributed by atoms with Gasteiger partial charge in [0.05, 0.1) is 12.7 Å². The number of hydrogen-bond acceptors (Lipinski definition) is 8. The van der Waals surface area contributed by atoms with Crippen LogP contribution in [0.5, 0.6) is 0 Å². The van der Waals surface area contributed by atoms with Crippen molar-refractivity contribution in [3.63, 3.8) is 0 Å². The lowest BCUT2D eigenvalue weighted by Gasteiger charge is -2.08. The maximum Gasteiger partial charge on any atom is 0.322 e. The number of methoxy groups -OCH3 is 1. The number of nitrogens with two attached hydrogens (primary N) is 1. The third-order valence-corrected chi connectivity index (χ3v) is 2.81. The molecule has 5 N–H and O–H groups in total. The quantitative estimate of drug-likeness (QED) is 0.325. The van der Waals surface area contributed by atoms with Crippen molar-refractivity contribution in [1.82, 2.24) is 19.6 Å². The average molecular weight is 317 g/mol. The highest BCUT2D eigenvalue weighted by molar-refractivity contribution is 5.93. The van der Waals surface area contributed by atoms with E-state index in [1.54, 1.807) is 6.08 Å². The van der Waals surface area contributed by atoms with Gasteiger partial charge < -0.3 is 26.3 Å². The molecule has 0 radical (unpaired) electrons. The molecule has 0 aliphatic rings. The van der Waals surface area contributed by atoms with Crippen LogP contribution in [0.2, 0.25) is 0 Å². The number of anilines is 2. The van der Waals surface area contributed by atoms with E-state index in [-0.39, 0.29) is 35.3 Å². The summed E-state index contributed by atoms with van der Waals surface area (Å²) in [4.78, 5) is 19.0. The molecular weight excluding hydrogens is 302 g/mol. The van der Waals surface area contributed by atoms with Gasteiger partial charge in [0.2, 0.25) is 11.8 Å². The molecule has 0 saturated heterocycles. The van der Waals surface area contributed by atoms with Crippen LogP contribution in [0.3, 0.4) is 0 Å². The molecule has 2 heterocycles. The molecule has 2 aromatic rings. The Hall–Kier alpha value is -3.43. The lowest BCUT2D eigenvalue weighted by Crippen LogP contribution is -2.16. The Morgan fingerprint density at radius 2 is 2.30 bits per heavy atom. The van der Waals surface area contributed by atoms with Gasteiger partial charge in [0.25, 0.3) is 0 Å². The maximum atomic E-state index is 10.7. The van der Waals surface area contributed by atoms with Crippen LogP contribution in [0.15, 0.2) is 18.7 Å². The van der Waals surface area contributed by atoms with E-state index in [1.165, 1.54) is 17.7 Å². The summed E-state index contributed by atoms with van der Waals surface area (Å²) < 4.78 is 6.42. The first-order valence-electron chi connectivity index (χ1n) is 6.41. The molecule has 10 nitrogen and oxygen atoms in total. The second-order valence-corrected chi connectivity index (χ2v) is 4.27. The number of rotatable bonds is 7. The summed E-state index contributed by atoms with van der Waals surface area (Å²) in [5.74, 6) is -0.346. The topological polar surface area (TPSA) is 152 Å². The number of fused-ring (bicyclic) bond motifs is 1. The highest BCUT2D eigenvalue weighted by atomic mass is 16.5. The Morgan fingerprint density at radius 1 is 1.57 bits per heavy atom. The van der Waals surface area contributed by atoms with Crippen LogP contribution in [0.25, 0.3) is 11.4 Å². The van der Waals surface area contributed by atoms with E-state index in [2.05, 4.69) is 27.0 Å². The van der Waals surface area contributed by atoms with Crippen molar-refractivity contribution < 1.29 is 14.6 Å². The molecule has 0 saturated carbocycles. The molecule has 0 spiro atoms. The molecule has 120 valence electrons. The molecule has 0 bridgehead atoms. The van der Waals surface area contributed by atoms with Crippen molar-refractivity contribution in [2.45, 2.75) is 0 Å². The minimum atomic E-state index is -1.07. The van der Waals surface area contributed by atoms with Gasteiger partial charge in [-0.3, -0.25) is 4.79 Å². The van der Waals surface area contributed by atoms with Crippen LogP contribution < -0.4 is 11.1 Å². The normalized spacial score (nSPS) is 11.3. The van der Waals surface area contributed by atoms with Gasteiger partial charge in [-0.1, -0.05) is 12.7 Å². The summed E-state index contributed by atoms with van der Waals surface area (Å²) >= 11 is 0. The number of carboxylic acids is 1. The molecule has 2 aromatic heterocycles. The number of allylic oxidation sites excluding steroid dienone is 2. The second-order valence-electron chi connectivity index (χ2n) is 4.27. The Bertz CT molecular complexity index is 809. The Labute approximate surface area is 130 Å². The fourth-order valence-electron chi connectivity index (χ4n) is 1.85. The molecule has 0 unspecified atom stereocenters. The van der Waals surface area contributed by atoms with E-state index in [0.717, 1.165) is 6.21 Å². The first-order chi connectivity index (χ1) is 11.0. The van der Waals surface area contributed by atoms with Gasteiger partial charge in [-0.25, -0.2) is 4.98 Å². The van der Waals surface area contributed by atoms with Gasteiger partial charge in [0.1, 0.15) is 12.4 Å². The van der Waals surface area contributed by atoms with Gasteiger partial charge in [-0.15, -0.1) is 5.10 Å². The Balaban J connectivity index is 2.62. The molecule has 0 aliphatic carbocycles. The van der Waals surface area contributed by atoms with Crippen molar-refractivity contribution >= 4 is 35.4 Å². The van der Waals surface area contributed by atoms with E-state index < -0.39 is 5.97 Å². The van der Waals surface area contributed by atoms with Crippen LogP contribution in [-0.2, 0) is 9.53 Å². The van der Waals surface area contributed by atoms with Gasteiger partial charge >= 0.3 is 5.97 Å². The van der Waals surface area contributed by atoms with Crippen LogP contribution in [0.1, 0.15) is 11.4 Å². The van der Waals surface area contributed by atoms with Gasteiger partial charge in [-0.05, 0) is 6.08 Å². The monoisotopic (exact) mass is 317 g/mol. The van der Waals surface area contributed by atoms with Crippen molar-refractivity contribution in [3.05, 3.63) is 30.1 Å². The highest BCUT2D eigenvalue weighted by Crippen LogP contribution is 2.21. The molecule has 2 rings (SSSR count). The molecule has 0 fully saturated rings. The zero-order chi connectivity index (χ0) is 17.0. The van der Waals surface area contributed by atoms with Crippen LogP contribution in [0.4, 0.5) is 11.8 Å². The SMILES string of the molecule is C=C/C=C(\OC)c1nc2c(C=N)c(NCC(=O)O)nc(N)n2n1. The zero-order valence-electron chi connectivity index (χ0n) is 12.3. The summed E-state index contributed by atoms with van der Waals surface area (Å²) in [7, 11) is 1.46. The van der Waals surface area contributed by atoms with E-state index in [4.69, 9.17) is 21.0 Å². The van der Waals surface area contributed by atoms with Crippen LogP contribution >= 0.6 is 0 Å². The van der Waals surface area contributed by atoms with Crippen LogP contribution in [-0.4, -0.2) is 50.5 Å². The largest absolute Gasteiger partial charge is 0.493 e. The molecule has 10 heteroatoms. The summed E-state index contributed by atoms with van der Waals surface area (Å²) in [6, 6.07) is 0. The fourth-order valence-corrected chi connectivity index (χ4v) is 1.85. The van der Waals surface area contributed by atoms with Crippen LogP contribution in [0, 0.1) is 5.41 Å². The first kappa shape index (κ1) is 15.9. The predicted octanol–water partition coefficient (Wildman–Crippen LogP) is 0.374. The molecule has 23 heavy (non-hydrogen) atoms. The number of hydrogen-bond donors (Lipinski definition) is 4. The van der Waals surface area contributed by atoms with E-state index in [1.807, 2.05) is 0 Å². The smallest absolute Gasteiger partial charge is 0.322 e. The molecular formula is C13H15N7O3. The number of aromatic nitrogens is 4. The zero-order valence-corrected chi connectivity index (χ0v) is 12.3. The molecule has 0 aromatic carbocycles. The van der Waals surface area contributed by atoms with Gasteiger partial charge in [0.15, 0.2) is 11.4 Å². The number of aliphatic carboxylic acids is 1. The number of carbonyl (C=O) groups is 1. The highest BCUT2D eigenvalue weighted by Gasteiger charge is 2.18. The van der Waals surface area contributed by atoms with Crippen molar-refractivity contribution in [1.29, 1.82) is 5.41 Å². The minimum Gasteiger partial charge on any atom is -0.493 e. The van der Waals surface area contributed by atoms with E-state index in [9.17, 15) is 4.79 Å². The third-order valence-electron chi connectivity index (χ3n) is 2.81. The molecule has 0 atom stereocenters. The first-order valence-corrected chi connectivity index (χ1v) is 6.41. The summed E-state index contributed by atoms with van der Waals surface area (Å²) in [5, 5.41) is 23.0. The minimum absolute atomic E-state index is 0.00806. The standard InChI is InChI=1S/C13H15N7O3/c1-3-4-8(23-2)11-17-12-7(5-14)10(16-6-9(21)22)18-13(15)20(12)19-11/h3-5,14,16H,1,6H2,2H3,(H2,15,18)(H,21,22)/b8-4-,14-5?. The Morgan fingerprint density at radius 3 is 2.87 bits per heavy atom. The summed E-state index contributed by atoms with van der Waals surface area (Å²) in [6.07, 6.45) is 4.09. The number of ether oxygens (including phenoxy) is 1. The summed E-state index contributed by atoms with van der Waals surface area (Å²) in [5.41, 5.74) is 6.33. The predicted molar refractivity (Wildman–Crippen MR) is 84.4 cm³/mol. The van der Waals surface area contributed by atoms with Crippen molar-refractivity contribution in [2.75, 3.05) is 24.7 Å². The summed E-state index contributed by atoms with van der Waals surface area (Å²) in [6.45, 7) is 3.21. The number of nitrogen functional groups attached to an aromatic ring is 1. The number of nitrogens with one attached hydrogen (secondary N) is 2. The number of nitrogens with zero attached hydrogens (tertiary/aromatic N) is 4. The van der Waals surface area contributed by atoms with Crippen molar-refractivity contribution in [3.8, 4) is 0 Å². The fraction of sp³-hybridized carbons (Fsp3) is 0.154. The van der Waals surface area contributed by atoms with Gasteiger partial charge in [0, 0.05) is 6.21 Å². The average Bonchev–Trinajstić information content (AvgIpc) is 2.96. The third kappa shape index (κ3) is 3.10. The second kappa shape index (κ2) is 6.56. The lowest BCUT2D eigenvalue weighted by atomic mass is 10.3. The van der Waals surface area contributed by atoms with E-state index in [0.29, 0.717) is 5.76 Å². The molecule has 0 aliphatic heterocycles. The maximum absolute atomic E-state index is 10.7. The van der Waals surface area contributed by atoms with Crippen molar-refractivity contribution in [2.24, 2.45) is 0 Å². The van der Waals surface area contributed by atoms with Gasteiger partial charge in [-0.2, -0.15) is 9.50 Å². The number of carboxylic acid groups (broad SMARTS) is 1. The molecule has 0 amide bonds. The lowest BCUT2D eigenvalue weighted by molar-refractivity contribution is -0.134. The van der Waals surface area contributed by atoms with E-state index >= 15 is 0 Å².